The summed E-state index contributed by atoms with van der Waals surface area (Å²) in [6.45, 7) is 6.27. The zero-order valence-corrected chi connectivity index (χ0v) is 21.0. The highest BCUT2D eigenvalue weighted by Crippen LogP contribution is 2.24. The monoisotopic (exact) mass is 551 g/mol. The fourth-order valence-electron chi connectivity index (χ4n) is 3.78. The lowest BCUT2D eigenvalue weighted by molar-refractivity contribution is -0.119. The Hall–Kier alpha value is -2.33. The van der Waals surface area contributed by atoms with Gasteiger partial charge in [0.25, 0.3) is 5.91 Å². The lowest BCUT2D eigenvalue weighted by atomic mass is 10.1. The average Bonchev–Trinajstić information content (AvgIpc) is 3.32. The van der Waals surface area contributed by atoms with Crippen molar-refractivity contribution < 1.29 is 9.53 Å². The third-order valence-corrected chi connectivity index (χ3v) is 5.27. The molecule has 4 N–H and O–H groups in total. The van der Waals surface area contributed by atoms with Gasteiger partial charge < -0.3 is 21.1 Å². The molecule has 0 spiro atoms. The number of guanidine groups is 1. The van der Waals surface area contributed by atoms with Gasteiger partial charge in [-0.2, -0.15) is 0 Å². The van der Waals surface area contributed by atoms with Crippen LogP contribution in [0.5, 0.6) is 5.75 Å². The number of nitrogens with two attached hydrogens (primary N) is 1. The number of carbonyl (C=O) groups excluding carboxylic acids is 1. The van der Waals surface area contributed by atoms with Gasteiger partial charge in [-0.25, -0.2) is 4.99 Å². The number of primary amides is 1. The van der Waals surface area contributed by atoms with Gasteiger partial charge in [0.15, 0.2) is 12.6 Å². The lowest BCUT2D eigenvalue weighted by Gasteiger charge is -2.29. The Morgan fingerprint density at radius 1 is 1.12 bits per heavy atom. The lowest BCUT2D eigenvalue weighted by Crippen LogP contribution is -2.42. The number of nitrogens with one attached hydrogen (secondary N) is 2. The molecule has 1 fully saturated rings. The molecule has 7 nitrogen and oxygen atoms in total. The van der Waals surface area contributed by atoms with E-state index in [-0.39, 0.29) is 30.6 Å². The first kappa shape index (κ1) is 25.9. The topological polar surface area (TPSA) is 92.0 Å². The standard InChI is InChI=1S/C24H33N5O2.HI/c1-2-26-24(27-16-19-9-8-12-21(15-19)31-18-23(25)30)28-17-22(29-13-6-7-14-29)20-10-4-3-5-11-20;/h3-5,8-12,15,22H,2,6-7,13-14,16-18H2,1H3,(H2,25,30)(H2,26,27,28);1H. The molecule has 2 aromatic rings. The Balaban J connectivity index is 0.00000363. The summed E-state index contributed by atoms with van der Waals surface area (Å²) in [5, 5.41) is 6.86. The Morgan fingerprint density at radius 3 is 2.56 bits per heavy atom. The summed E-state index contributed by atoms with van der Waals surface area (Å²) in [6.07, 6.45) is 2.51. The summed E-state index contributed by atoms with van der Waals surface area (Å²) < 4.78 is 5.39. The minimum absolute atomic E-state index is 0. The first-order valence-electron chi connectivity index (χ1n) is 11.0. The number of carbonyl (C=O) groups is 1. The van der Waals surface area contributed by atoms with Crippen molar-refractivity contribution in [3.8, 4) is 5.75 Å². The summed E-state index contributed by atoms with van der Waals surface area (Å²) in [5.41, 5.74) is 7.47. The molecule has 1 unspecified atom stereocenters. The van der Waals surface area contributed by atoms with Crippen LogP contribution < -0.4 is 21.1 Å². The number of hydrogen-bond acceptors (Lipinski definition) is 4. The fraction of sp³-hybridized carbons (Fsp3) is 0.417. The van der Waals surface area contributed by atoms with E-state index in [0.717, 1.165) is 37.7 Å². The van der Waals surface area contributed by atoms with Crippen LogP contribution in [0, 0.1) is 0 Å². The number of hydrogen-bond donors (Lipinski definition) is 3. The second kappa shape index (κ2) is 13.9. The first-order valence-corrected chi connectivity index (χ1v) is 11.0. The van der Waals surface area contributed by atoms with Gasteiger partial charge in [-0.15, -0.1) is 24.0 Å². The highest BCUT2D eigenvalue weighted by molar-refractivity contribution is 14.0. The molecule has 2 aromatic carbocycles. The maximum absolute atomic E-state index is 10.9. The Labute approximate surface area is 207 Å². The van der Waals surface area contributed by atoms with Gasteiger partial charge in [0.2, 0.25) is 0 Å². The number of rotatable bonds is 10. The fourth-order valence-corrected chi connectivity index (χ4v) is 3.78. The first-order chi connectivity index (χ1) is 15.2. The normalized spacial score (nSPS) is 15.0. The molecular formula is C24H34IN5O2. The quantitative estimate of drug-likeness (QED) is 0.240. The van der Waals surface area contributed by atoms with Gasteiger partial charge in [0.1, 0.15) is 5.75 Å². The average molecular weight is 551 g/mol. The largest absolute Gasteiger partial charge is 0.484 e. The summed E-state index contributed by atoms with van der Waals surface area (Å²) in [4.78, 5) is 18.2. The summed E-state index contributed by atoms with van der Waals surface area (Å²) in [6, 6.07) is 18.5. The van der Waals surface area contributed by atoms with Crippen molar-refractivity contribution in [1.82, 2.24) is 15.5 Å². The van der Waals surface area contributed by atoms with Crippen LogP contribution in [0.1, 0.15) is 36.9 Å². The van der Waals surface area contributed by atoms with Crippen molar-refractivity contribution in [2.45, 2.75) is 32.4 Å². The minimum atomic E-state index is -0.493. The van der Waals surface area contributed by atoms with Gasteiger partial charge in [0.05, 0.1) is 12.6 Å². The highest BCUT2D eigenvalue weighted by atomic mass is 127. The van der Waals surface area contributed by atoms with Gasteiger partial charge >= 0.3 is 0 Å². The molecule has 174 valence electrons. The Kier molecular flexibility index (Phi) is 11.3. The highest BCUT2D eigenvalue weighted by Gasteiger charge is 2.23. The zero-order chi connectivity index (χ0) is 21.9. The van der Waals surface area contributed by atoms with E-state index < -0.39 is 5.91 Å². The van der Waals surface area contributed by atoms with Crippen LogP contribution in [0.2, 0.25) is 0 Å². The molecule has 3 rings (SSSR count). The number of nitrogens with zero attached hydrogens (tertiary/aromatic N) is 2. The molecule has 1 aliphatic heterocycles. The second-order valence-electron chi connectivity index (χ2n) is 7.65. The molecule has 32 heavy (non-hydrogen) atoms. The molecule has 0 saturated carbocycles. The van der Waals surface area contributed by atoms with Gasteiger partial charge in [-0.1, -0.05) is 42.5 Å². The van der Waals surface area contributed by atoms with Crippen LogP contribution in [-0.4, -0.2) is 49.6 Å². The van der Waals surface area contributed by atoms with E-state index in [2.05, 4.69) is 52.8 Å². The number of likely N-dealkylation sites (tertiary alicyclic amines) is 1. The minimum Gasteiger partial charge on any atom is -0.484 e. The van der Waals surface area contributed by atoms with Gasteiger partial charge in [-0.3, -0.25) is 9.69 Å². The smallest absolute Gasteiger partial charge is 0.255 e. The number of ether oxygens (including phenoxy) is 1. The maximum atomic E-state index is 10.9. The van der Waals surface area contributed by atoms with E-state index in [1.54, 1.807) is 6.07 Å². The van der Waals surface area contributed by atoms with E-state index in [1.807, 2.05) is 18.2 Å². The van der Waals surface area contributed by atoms with Crippen LogP contribution in [0.3, 0.4) is 0 Å². The number of benzene rings is 2. The molecule has 1 saturated heterocycles. The molecular weight excluding hydrogens is 517 g/mol. The van der Waals surface area contributed by atoms with Crippen molar-refractivity contribution in [3.63, 3.8) is 0 Å². The predicted molar refractivity (Wildman–Crippen MR) is 139 cm³/mol. The van der Waals surface area contributed by atoms with Crippen LogP contribution in [0.25, 0.3) is 0 Å². The second-order valence-corrected chi connectivity index (χ2v) is 7.65. The maximum Gasteiger partial charge on any atom is 0.255 e. The molecule has 0 aliphatic carbocycles. The van der Waals surface area contributed by atoms with Crippen LogP contribution in [-0.2, 0) is 11.3 Å². The van der Waals surface area contributed by atoms with Gasteiger partial charge in [-0.05, 0) is 56.1 Å². The van der Waals surface area contributed by atoms with Crippen molar-refractivity contribution >= 4 is 35.8 Å². The molecule has 0 radical (unpaired) electrons. The Bertz CT molecular complexity index is 856. The van der Waals surface area contributed by atoms with Crippen LogP contribution >= 0.6 is 24.0 Å². The summed E-state index contributed by atoms with van der Waals surface area (Å²) in [5.74, 6) is 0.904. The third-order valence-electron chi connectivity index (χ3n) is 5.27. The SMILES string of the molecule is CCNC(=NCc1cccc(OCC(N)=O)c1)NCC(c1ccccc1)N1CCCC1.I. The number of halogens is 1. The number of amides is 1. The molecule has 1 atom stereocenters. The van der Waals surface area contributed by atoms with Crippen LogP contribution in [0.15, 0.2) is 59.6 Å². The molecule has 0 bridgehead atoms. The Morgan fingerprint density at radius 2 is 1.88 bits per heavy atom. The van der Waals surface area contributed by atoms with E-state index in [4.69, 9.17) is 15.5 Å². The van der Waals surface area contributed by atoms with Crippen molar-refractivity contribution in [3.05, 3.63) is 65.7 Å². The van der Waals surface area contributed by atoms with E-state index >= 15 is 0 Å². The predicted octanol–water partition coefficient (Wildman–Crippen LogP) is 3.06. The molecule has 1 amide bonds. The zero-order valence-electron chi connectivity index (χ0n) is 18.6. The molecule has 1 aliphatic rings. The van der Waals surface area contributed by atoms with Crippen molar-refractivity contribution in [2.24, 2.45) is 10.7 Å². The molecule has 0 aromatic heterocycles. The summed E-state index contributed by atoms with van der Waals surface area (Å²) >= 11 is 0. The summed E-state index contributed by atoms with van der Waals surface area (Å²) in [7, 11) is 0. The van der Waals surface area contributed by atoms with Crippen LogP contribution in [0.4, 0.5) is 0 Å². The number of aliphatic imine (C=N–C) groups is 1. The van der Waals surface area contributed by atoms with Crippen molar-refractivity contribution in [1.29, 1.82) is 0 Å². The van der Waals surface area contributed by atoms with Gasteiger partial charge in [0, 0.05) is 13.1 Å². The molecule has 8 heteroatoms. The van der Waals surface area contributed by atoms with E-state index in [1.165, 1.54) is 18.4 Å². The van der Waals surface area contributed by atoms with E-state index in [9.17, 15) is 4.79 Å². The van der Waals surface area contributed by atoms with E-state index in [0.29, 0.717) is 18.3 Å². The van der Waals surface area contributed by atoms with Crippen molar-refractivity contribution in [2.75, 3.05) is 32.8 Å². The third kappa shape index (κ3) is 8.31. The molecule has 1 heterocycles.